The molecule has 0 fully saturated rings. The van der Waals surface area contributed by atoms with Gasteiger partial charge in [0.25, 0.3) is 0 Å². The highest BCUT2D eigenvalue weighted by Crippen LogP contribution is 2.34. The highest BCUT2D eigenvalue weighted by atomic mass is 16.2. The van der Waals surface area contributed by atoms with Crippen molar-refractivity contribution in [3.63, 3.8) is 0 Å². The number of pyridine rings is 1. The Labute approximate surface area is 181 Å². The number of aromatic nitrogens is 5. The summed E-state index contributed by atoms with van der Waals surface area (Å²) in [4.78, 5) is 27.8. The van der Waals surface area contributed by atoms with Crippen molar-refractivity contribution in [2.45, 2.75) is 46.8 Å². The molecule has 3 aromatic rings. The van der Waals surface area contributed by atoms with Crippen molar-refractivity contribution >= 4 is 23.4 Å². The lowest BCUT2D eigenvalue weighted by molar-refractivity contribution is -0.118. The van der Waals surface area contributed by atoms with Crippen LogP contribution in [0.3, 0.4) is 0 Å². The maximum absolute atomic E-state index is 12.5. The van der Waals surface area contributed by atoms with Gasteiger partial charge in [-0.25, -0.2) is 4.98 Å². The predicted molar refractivity (Wildman–Crippen MR) is 120 cm³/mol. The fourth-order valence-corrected chi connectivity index (χ4v) is 3.95. The monoisotopic (exact) mass is 420 g/mol. The Morgan fingerprint density at radius 2 is 1.97 bits per heavy atom. The van der Waals surface area contributed by atoms with Crippen LogP contribution in [0.4, 0.5) is 17.5 Å². The van der Waals surface area contributed by atoms with E-state index < -0.39 is 0 Å². The Balaban J connectivity index is 1.47. The van der Waals surface area contributed by atoms with Gasteiger partial charge in [0, 0.05) is 37.7 Å². The number of hydrogen-bond acceptors (Lipinski definition) is 7. The lowest BCUT2D eigenvalue weighted by Crippen LogP contribution is -2.49. The van der Waals surface area contributed by atoms with Crippen LogP contribution in [0.5, 0.6) is 0 Å². The Kier molecular flexibility index (Phi) is 5.58. The fourth-order valence-electron chi connectivity index (χ4n) is 3.95. The number of anilines is 3. The second-order valence-corrected chi connectivity index (χ2v) is 8.39. The van der Waals surface area contributed by atoms with Gasteiger partial charge in [0.05, 0.1) is 18.4 Å². The minimum Gasteiger partial charge on any atom is -0.350 e. The van der Waals surface area contributed by atoms with Crippen LogP contribution in [0.1, 0.15) is 36.2 Å². The molecule has 162 valence electrons. The van der Waals surface area contributed by atoms with E-state index in [1.54, 1.807) is 0 Å². The molecule has 0 saturated carbocycles. The number of nitrogens with one attached hydrogen (secondary N) is 2. The first kappa shape index (κ1) is 20.8. The summed E-state index contributed by atoms with van der Waals surface area (Å²) in [6.45, 7) is 9.19. The molecule has 1 unspecified atom stereocenters. The van der Waals surface area contributed by atoms with E-state index in [9.17, 15) is 4.79 Å². The molecule has 1 aliphatic heterocycles. The molecular formula is C22H28N8O. The zero-order valence-corrected chi connectivity index (χ0v) is 18.5. The lowest BCUT2D eigenvalue weighted by atomic mass is 9.99. The fraction of sp³-hybridized carbons (Fsp3) is 0.409. The normalized spacial score (nSPS) is 15.7. The first-order chi connectivity index (χ1) is 14.8. The predicted octanol–water partition coefficient (Wildman–Crippen LogP) is 2.76. The highest BCUT2D eigenvalue weighted by molar-refractivity contribution is 6.03. The third-order valence-electron chi connectivity index (χ3n) is 5.38. The van der Waals surface area contributed by atoms with Gasteiger partial charge in [0.2, 0.25) is 11.9 Å². The molecule has 2 N–H and O–H groups in total. The molecule has 1 amide bonds. The first-order valence-electron chi connectivity index (χ1n) is 10.4. The van der Waals surface area contributed by atoms with Crippen molar-refractivity contribution in [2.75, 3.05) is 22.6 Å². The van der Waals surface area contributed by atoms with Crippen molar-refractivity contribution in [3.05, 3.63) is 53.2 Å². The second-order valence-electron chi connectivity index (χ2n) is 8.39. The number of rotatable bonds is 6. The standard InChI is InChI=1S/C22H28N8O/c1-13(2)19-21(31)27-18-15(4)26-22(28-20(18)29(19)5)24-9-17-10-25-30(12-17)11-16-6-14(3)7-23-8-16/h6-8,10,12-13,19H,9,11H2,1-5H3,(H,27,31)(H,24,26,28). The van der Waals surface area contributed by atoms with Crippen LogP contribution in [0.15, 0.2) is 30.9 Å². The van der Waals surface area contributed by atoms with Gasteiger partial charge in [-0.2, -0.15) is 10.1 Å². The Morgan fingerprint density at radius 1 is 1.16 bits per heavy atom. The Bertz CT molecular complexity index is 1110. The number of hydrogen-bond donors (Lipinski definition) is 2. The number of amides is 1. The molecular weight excluding hydrogens is 392 g/mol. The zero-order valence-electron chi connectivity index (χ0n) is 18.5. The molecule has 4 rings (SSSR count). The molecule has 31 heavy (non-hydrogen) atoms. The van der Waals surface area contributed by atoms with Crippen LogP contribution in [-0.2, 0) is 17.9 Å². The molecule has 0 spiro atoms. The van der Waals surface area contributed by atoms with Crippen LogP contribution in [-0.4, -0.2) is 43.7 Å². The minimum atomic E-state index is -0.260. The van der Waals surface area contributed by atoms with Gasteiger partial charge in [0.1, 0.15) is 11.7 Å². The van der Waals surface area contributed by atoms with Crippen LogP contribution in [0.25, 0.3) is 0 Å². The SMILES string of the molecule is Cc1cncc(Cn2cc(CNc3nc(C)c4c(n3)N(C)C(C(C)C)C(=O)N4)cn2)c1. The maximum Gasteiger partial charge on any atom is 0.247 e. The summed E-state index contributed by atoms with van der Waals surface area (Å²) in [5, 5.41) is 10.7. The van der Waals surface area contributed by atoms with Gasteiger partial charge in [0.15, 0.2) is 5.82 Å². The molecule has 1 atom stereocenters. The van der Waals surface area contributed by atoms with Crippen LogP contribution >= 0.6 is 0 Å². The van der Waals surface area contributed by atoms with Crippen LogP contribution < -0.4 is 15.5 Å². The molecule has 0 aliphatic carbocycles. The van der Waals surface area contributed by atoms with E-state index >= 15 is 0 Å². The molecule has 4 heterocycles. The van der Waals surface area contributed by atoms with Crippen molar-refractivity contribution < 1.29 is 4.79 Å². The van der Waals surface area contributed by atoms with E-state index in [4.69, 9.17) is 0 Å². The Hall–Kier alpha value is -3.49. The molecule has 9 nitrogen and oxygen atoms in total. The third kappa shape index (κ3) is 4.35. The third-order valence-corrected chi connectivity index (χ3v) is 5.38. The summed E-state index contributed by atoms with van der Waals surface area (Å²) in [5.41, 5.74) is 4.68. The van der Waals surface area contributed by atoms with Gasteiger partial charge in [-0.1, -0.05) is 19.9 Å². The summed E-state index contributed by atoms with van der Waals surface area (Å²) >= 11 is 0. The van der Waals surface area contributed by atoms with Crippen molar-refractivity contribution in [1.29, 1.82) is 0 Å². The lowest BCUT2D eigenvalue weighted by Gasteiger charge is -2.36. The minimum absolute atomic E-state index is 0.0198. The van der Waals surface area contributed by atoms with Crippen LogP contribution in [0, 0.1) is 19.8 Å². The number of aryl methyl sites for hydroxylation is 2. The average Bonchev–Trinajstić information content (AvgIpc) is 3.14. The first-order valence-corrected chi connectivity index (χ1v) is 10.4. The maximum atomic E-state index is 12.5. The summed E-state index contributed by atoms with van der Waals surface area (Å²) in [6.07, 6.45) is 7.54. The molecule has 0 bridgehead atoms. The van der Waals surface area contributed by atoms with Gasteiger partial charge < -0.3 is 15.5 Å². The molecule has 0 saturated heterocycles. The van der Waals surface area contributed by atoms with Gasteiger partial charge >= 0.3 is 0 Å². The molecule has 3 aromatic heterocycles. The second kappa shape index (κ2) is 8.33. The summed E-state index contributed by atoms with van der Waals surface area (Å²) < 4.78 is 1.89. The number of nitrogens with zero attached hydrogens (tertiary/aromatic N) is 6. The van der Waals surface area contributed by atoms with Gasteiger partial charge in [-0.3, -0.25) is 14.5 Å². The molecule has 0 aromatic carbocycles. The van der Waals surface area contributed by atoms with Gasteiger partial charge in [-0.05, 0) is 30.9 Å². The van der Waals surface area contributed by atoms with E-state index in [0.717, 1.165) is 28.2 Å². The topological polar surface area (TPSA) is 101 Å². The summed E-state index contributed by atoms with van der Waals surface area (Å²) in [7, 11) is 1.91. The highest BCUT2D eigenvalue weighted by Gasteiger charge is 2.35. The van der Waals surface area contributed by atoms with E-state index in [-0.39, 0.29) is 17.9 Å². The van der Waals surface area contributed by atoms with Crippen molar-refractivity contribution in [2.24, 2.45) is 5.92 Å². The number of likely N-dealkylation sites (N-methyl/N-ethyl adjacent to an activating group) is 1. The quantitative estimate of drug-likeness (QED) is 0.632. The Morgan fingerprint density at radius 3 is 2.71 bits per heavy atom. The van der Waals surface area contributed by atoms with Crippen molar-refractivity contribution in [1.82, 2.24) is 24.7 Å². The van der Waals surface area contributed by atoms with Gasteiger partial charge in [-0.15, -0.1) is 0 Å². The average molecular weight is 421 g/mol. The summed E-state index contributed by atoms with van der Waals surface area (Å²) in [6, 6.07) is 1.85. The van der Waals surface area contributed by atoms with E-state index in [0.29, 0.717) is 24.7 Å². The van der Waals surface area contributed by atoms with E-state index in [1.165, 1.54) is 0 Å². The molecule has 1 aliphatic rings. The largest absolute Gasteiger partial charge is 0.350 e. The van der Waals surface area contributed by atoms with Crippen molar-refractivity contribution in [3.8, 4) is 0 Å². The zero-order chi connectivity index (χ0) is 22.1. The number of carbonyl (C=O) groups excluding carboxylic acids is 1. The number of carbonyl (C=O) groups is 1. The molecule has 0 radical (unpaired) electrons. The van der Waals surface area contributed by atoms with Crippen LogP contribution in [0.2, 0.25) is 0 Å². The van der Waals surface area contributed by atoms with E-state index in [2.05, 4.69) is 36.8 Å². The molecule has 9 heteroatoms. The number of fused-ring (bicyclic) bond motifs is 1. The smallest absolute Gasteiger partial charge is 0.247 e. The summed E-state index contributed by atoms with van der Waals surface area (Å²) in [5.74, 6) is 1.40. The van der Waals surface area contributed by atoms with E-state index in [1.807, 2.05) is 69.1 Å².